The Morgan fingerprint density at radius 3 is 2.67 bits per heavy atom. The number of piperidine rings is 1. The number of nitrogens with zero attached hydrogens (tertiary/aromatic N) is 1. The van der Waals surface area contributed by atoms with E-state index >= 15 is 0 Å². The van der Waals surface area contributed by atoms with Crippen LogP contribution in [-0.4, -0.2) is 55.7 Å². The fourth-order valence-corrected chi connectivity index (χ4v) is 3.10. The minimum Gasteiger partial charge on any atom is -0.484 e. The molecule has 2 fully saturated rings. The van der Waals surface area contributed by atoms with Crippen molar-refractivity contribution in [2.75, 3.05) is 38.2 Å². The molecule has 0 radical (unpaired) electrons. The van der Waals surface area contributed by atoms with Crippen molar-refractivity contribution in [1.82, 2.24) is 4.90 Å². The van der Waals surface area contributed by atoms with Gasteiger partial charge in [-0.1, -0.05) is 6.07 Å². The fraction of sp³-hybridized carbons (Fsp3) is 0.600. The van der Waals surface area contributed by atoms with E-state index in [0.29, 0.717) is 37.7 Å². The largest absolute Gasteiger partial charge is 0.484 e. The lowest BCUT2D eigenvalue weighted by Gasteiger charge is -2.31. The minimum atomic E-state index is -0.0252. The van der Waals surface area contributed by atoms with Gasteiger partial charge in [0, 0.05) is 37.4 Å². The molecule has 1 saturated heterocycles. The lowest BCUT2D eigenvalue weighted by molar-refractivity contribution is -0.136. The number of nitrogens with two attached hydrogens (primary N) is 1. The third kappa shape index (κ3) is 6.22. The highest BCUT2D eigenvalue weighted by atomic mass is 16.5. The number of ether oxygens (including phenoxy) is 2. The molecule has 0 spiro atoms. The lowest BCUT2D eigenvalue weighted by atomic mass is 10.1. The molecule has 148 valence electrons. The zero-order valence-corrected chi connectivity index (χ0v) is 15.7. The molecule has 7 nitrogen and oxygen atoms in total. The maximum absolute atomic E-state index is 12.4. The summed E-state index contributed by atoms with van der Waals surface area (Å²) in [6.07, 6.45) is 4.70. The molecule has 0 unspecified atom stereocenters. The average molecular weight is 375 g/mol. The number of amides is 2. The van der Waals surface area contributed by atoms with Crippen molar-refractivity contribution in [3.63, 3.8) is 0 Å². The van der Waals surface area contributed by atoms with Crippen molar-refractivity contribution in [3.05, 3.63) is 24.3 Å². The summed E-state index contributed by atoms with van der Waals surface area (Å²) in [6, 6.07) is 7.18. The Morgan fingerprint density at radius 1 is 1.19 bits per heavy atom. The summed E-state index contributed by atoms with van der Waals surface area (Å²) in [7, 11) is 0. The normalized spacial score (nSPS) is 17.6. The first-order valence-electron chi connectivity index (χ1n) is 9.79. The van der Waals surface area contributed by atoms with E-state index in [9.17, 15) is 9.59 Å². The van der Waals surface area contributed by atoms with Gasteiger partial charge in [0.25, 0.3) is 5.91 Å². The van der Waals surface area contributed by atoms with Crippen LogP contribution in [-0.2, 0) is 14.3 Å². The number of anilines is 1. The van der Waals surface area contributed by atoms with Crippen molar-refractivity contribution in [1.29, 1.82) is 0 Å². The van der Waals surface area contributed by atoms with Crippen molar-refractivity contribution in [3.8, 4) is 5.75 Å². The molecule has 1 aromatic rings. The molecular formula is C20H29N3O4. The quantitative estimate of drug-likeness (QED) is 0.642. The van der Waals surface area contributed by atoms with Gasteiger partial charge in [-0.15, -0.1) is 0 Å². The Balaban J connectivity index is 1.39. The van der Waals surface area contributed by atoms with Crippen LogP contribution in [0, 0.1) is 5.92 Å². The van der Waals surface area contributed by atoms with E-state index in [2.05, 4.69) is 5.32 Å². The average Bonchev–Trinajstić information content (AvgIpc) is 3.53. The molecule has 27 heavy (non-hydrogen) atoms. The van der Waals surface area contributed by atoms with Crippen LogP contribution < -0.4 is 15.8 Å². The van der Waals surface area contributed by atoms with E-state index in [-0.39, 0.29) is 30.4 Å². The molecule has 0 atom stereocenters. The molecule has 3 N–H and O–H groups in total. The topological polar surface area (TPSA) is 93.9 Å². The minimum absolute atomic E-state index is 0.00127. The summed E-state index contributed by atoms with van der Waals surface area (Å²) in [5.74, 6) is 0.762. The number of hydrogen-bond donors (Lipinski definition) is 2. The summed E-state index contributed by atoms with van der Waals surface area (Å²) < 4.78 is 11.4. The Labute approximate surface area is 160 Å². The van der Waals surface area contributed by atoms with Gasteiger partial charge in [0.05, 0.1) is 6.10 Å². The highest BCUT2D eigenvalue weighted by Gasteiger charge is 2.29. The van der Waals surface area contributed by atoms with Crippen LogP contribution in [0.5, 0.6) is 5.75 Å². The number of likely N-dealkylation sites (tertiary alicyclic amines) is 1. The first-order valence-corrected chi connectivity index (χ1v) is 9.79. The van der Waals surface area contributed by atoms with Crippen LogP contribution in [0.4, 0.5) is 5.69 Å². The molecule has 2 aliphatic rings. The summed E-state index contributed by atoms with van der Waals surface area (Å²) in [5, 5.41) is 2.89. The highest BCUT2D eigenvalue weighted by Crippen LogP contribution is 2.30. The van der Waals surface area contributed by atoms with Crippen LogP contribution in [0.15, 0.2) is 24.3 Å². The maximum Gasteiger partial charge on any atom is 0.260 e. The molecule has 7 heteroatoms. The summed E-state index contributed by atoms with van der Waals surface area (Å²) in [5.41, 5.74) is 6.17. The van der Waals surface area contributed by atoms with E-state index < -0.39 is 0 Å². The first kappa shape index (κ1) is 19.6. The van der Waals surface area contributed by atoms with E-state index in [1.807, 2.05) is 17.0 Å². The van der Waals surface area contributed by atoms with Crippen LogP contribution >= 0.6 is 0 Å². The molecule has 1 heterocycles. The van der Waals surface area contributed by atoms with Crippen LogP contribution in [0.25, 0.3) is 0 Å². The second kappa shape index (κ2) is 9.71. The molecule has 0 aromatic heterocycles. The third-order valence-electron chi connectivity index (χ3n) is 4.91. The summed E-state index contributed by atoms with van der Waals surface area (Å²) >= 11 is 0. The first-order chi connectivity index (χ1) is 13.2. The Morgan fingerprint density at radius 2 is 1.96 bits per heavy atom. The number of nitrogens with one attached hydrogen (secondary N) is 1. The van der Waals surface area contributed by atoms with Gasteiger partial charge in [0.1, 0.15) is 5.75 Å². The molecule has 2 amide bonds. The van der Waals surface area contributed by atoms with Crippen molar-refractivity contribution < 1.29 is 19.1 Å². The Hall–Kier alpha value is -2.12. The van der Waals surface area contributed by atoms with Gasteiger partial charge in [-0.3, -0.25) is 9.59 Å². The molecular weight excluding hydrogens is 346 g/mol. The van der Waals surface area contributed by atoms with Crippen molar-refractivity contribution in [2.24, 2.45) is 11.7 Å². The van der Waals surface area contributed by atoms with Gasteiger partial charge in [-0.05, 0) is 50.8 Å². The van der Waals surface area contributed by atoms with Gasteiger partial charge in [0.2, 0.25) is 5.91 Å². The van der Waals surface area contributed by atoms with E-state index in [4.69, 9.17) is 15.2 Å². The second-order valence-corrected chi connectivity index (χ2v) is 7.17. The summed E-state index contributed by atoms with van der Waals surface area (Å²) in [4.78, 5) is 26.0. The lowest BCUT2D eigenvalue weighted by Crippen LogP contribution is -2.43. The zero-order chi connectivity index (χ0) is 19.1. The molecule has 3 rings (SSSR count). The van der Waals surface area contributed by atoms with Crippen LogP contribution in [0.1, 0.15) is 32.1 Å². The number of carbonyl (C=O) groups excluding carboxylic acids is 2. The number of hydrogen-bond acceptors (Lipinski definition) is 5. The standard InChI is InChI=1S/C20H29N3O4/c21-9-2-12-26-17-7-10-23(11-8-17)19(24)14-27-18-4-1-3-16(13-18)22-20(25)15-5-6-15/h1,3-4,13,15,17H,2,5-12,14,21H2,(H,22,25). The van der Waals surface area contributed by atoms with Gasteiger partial charge in [-0.25, -0.2) is 0 Å². The van der Waals surface area contributed by atoms with Gasteiger partial charge < -0.3 is 25.4 Å². The predicted molar refractivity (Wildman–Crippen MR) is 103 cm³/mol. The van der Waals surface area contributed by atoms with Gasteiger partial charge >= 0.3 is 0 Å². The third-order valence-corrected chi connectivity index (χ3v) is 4.91. The van der Waals surface area contributed by atoms with Gasteiger partial charge in [-0.2, -0.15) is 0 Å². The monoisotopic (exact) mass is 375 g/mol. The molecule has 1 aromatic carbocycles. The number of carbonyl (C=O) groups is 2. The number of rotatable bonds is 9. The summed E-state index contributed by atoms with van der Waals surface area (Å²) in [6.45, 7) is 2.70. The fourth-order valence-electron chi connectivity index (χ4n) is 3.10. The van der Waals surface area contributed by atoms with Gasteiger partial charge in [0.15, 0.2) is 6.61 Å². The number of benzene rings is 1. The predicted octanol–water partition coefficient (Wildman–Crippen LogP) is 1.77. The SMILES string of the molecule is NCCCOC1CCN(C(=O)COc2cccc(NC(=O)C3CC3)c2)CC1. The van der Waals surface area contributed by atoms with E-state index in [1.54, 1.807) is 12.1 Å². The van der Waals surface area contributed by atoms with E-state index in [1.165, 1.54) is 0 Å². The Bertz CT molecular complexity index is 640. The zero-order valence-electron chi connectivity index (χ0n) is 15.7. The maximum atomic E-state index is 12.4. The van der Waals surface area contributed by atoms with E-state index in [0.717, 1.165) is 32.1 Å². The Kier molecular flexibility index (Phi) is 7.06. The molecule has 0 bridgehead atoms. The smallest absolute Gasteiger partial charge is 0.260 e. The molecule has 1 saturated carbocycles. The highest BCUT2D eigenvalue weighted by molar-refractivity contribution is 5.94. The van der Waals surface area contributed by atoms with Crippen LogP contribution in [0.3, 0.4) is 0 Å². The van der Waals surface area contributed by atoms with Crippen molar-refractivity contribution in [2.45, 2.75) is 38.2 Å². The molecule has 1 aliphatic carbocycles. The second-order valence-electron chi connectivity index (χ2n) is 7.17. The molecule has 1 aliphatic heterocycles. The van der Waals surface area contributed by atoms with Crippen LogP contribution in [0.2, 0.25) is 0 Å². The van der Waals surface area contributed by atoms with Crippen molar-refractivity contribution >= 4 is 17.5 Å².